The van der Waals surface area contributed by atoms with Gasteiger partial charge >= 0.3 is 5.97 Å². The van der Waals surface area contributed by atoms with Crippen molar-refractivity contribution in [2.24, 2.45) is 0 Å². The van der Waals surface area contributed by atoms with Gasteiger partial charge in [0.05, 0.1) is 29.6 Å². The predicted molar refractivity (Wildman–Crippen MR) is 69.5 cm³/mol. The fraction of sp³-hybridized carbons (Fsp3) is 0.0769. The number of anilines is 1. The summed E-state index contributed by atoms with van der Waals surface area (Å²) in [7, 11) is 1.28. The Morgan fingerprint density at radius 3 is 2.68 bits per heavy atom. The van der Waals surface area contributed by atoms with E-state index in [2.05, 4.69) is 10.1 Å². The first-order chi connectivity index (χ1) is 9.11. The van der Waals surface area contributed by atoms with Gasteiger partial charge in [0.1, 0.15) is 0 Å². The normalized spacial score (nSPS) is 10.0. The van der Waals surface area contributed by atoms with Crippen molar-refractivity contribution in [1.29, 1.82) is 0 Å². The van der Waals surface area contributed by atoms with Gasteiger partial charge in [0, 0.05) is 0 Å². The van der Waals surface area contributed by atoms with Crippen LogP contribution in [0.15, 0.2) is 41.0 Å². The van der Waals surface area contributed by atoms with Gasteiger partial charge in [0.2, 0.25) is 0 Å². The molecule has 5 nitrogen and oxygen atoms in total. The van der Waals surface area contributed by atoms with Crippen molar-refractivity contribution in [3.05, 3.63) is 52.9 Å². The maximum absolute atomic E-state index is 11.7. The van der Waals surface area contributed by atoms with E-state index in [-0.39, 0.29) is 10.8 Å². The molecule has 0 bridgehead atoms. The van der Waals surface area contributed by atoms with E-state index in [4.69, 9.17) is 16.0 Å². The molecule has 1 amide bonds. The third kappa shape index (κ3) is 2.95. The number of hydrogen-bond acceptors (Lipinski definition) is 4. The van der Waals surface area contributed by atoms with Gasteiger partial charge in [-0.1, -0.05) is 11.6 Å². The third-order valence-electron chi connectivity index (χ3n) is 2.38. The highest BCUT2D eigenvalue weighted by Gasteiger charge is 2.13. The summed E-state index contributed by atoms with van der Waals surface area (Å²) in [6.45, 7) is 0. The molecule has 0 saturated carbocycles. The summed E-state index contributed by atoms with van der Waals surface area (Å²) in [6.07, 6.45) is 1.40. The van der Waals surface area contributed by atoms with Gasteiger partial charge in [0.15, 0.2) is 5.76 Å². The summed E-state index contributed by atoms with van der Waals surface area (Å²) < 4.78 is 9.53. The Labute approximate surface area is 114 Å². The monoisotopic (exact) mass is 279 g/mol. The van der Waals surface area contributed by atoms with Crippen LogP contribution >= 0.6 is 11.6 Å². The standard InChI is InChI=1S/C13H10ClNO4/c1-18-13(17)8-4-5-10(9(14)7-8)15-12(16)11-3-2-6-19-11/h2-7H,1H3,(H,15,16). The van der Waals surface area contributed by atoms with Gasteiger partial charge in [-0.2, -0.15) is 0 Å². The molecular formula is C13H10ClNO4. The van der Waals surface area contributed by atoms with Gasteiger partial charge < -0.3 is 14.5 Å². The van der Waals surface area contributed by atoms with Gasteiger partial charge in [0.25, 0.3) is 5.91 Å². The van der Waals surface area contributed by atoms with E-state index in [1.54, 1.807) is 6.07 Å². The molecule has 0 fully saturated rings. The van der Waals surface area contributed by atoms with Crippen LogP contribution in [0.25, 0.3) is 0 Å². The van der Waals surface area contributed by atoms with E-state index in [9.17, 15) is 9.59 Å². The smallest absolute Gasteiger partial charge is 0.337 e. The highest BCUT2D eigenvalue weighted by Crippen LogP contribution is 2.24. The number of rotatable bonds is 3. The van der Waals surface area contributed by atoms with Crippen LogP contribution in [0.4, 0.5) is 5.69 Å². The van der Waals surface area contributed by atoms with Gasteiger partial charge in [-0.05, 0) is 30.3 Å². The van der Waals surface area contributed by atoms with Crippen molar-refractivity contribution in [2.45, 2.75) is 0 Å². The van der Waals surface area contributed by atoms with Crippen molar-refractivity contribution < 1.29 is 18.7 Å². The maximum atomic E-state index is 11.7. The molecule has 1 aromatic heterocycles. The second-order valence-corrected chi connectivity index (χ2v) is 4.02. The largest absolute Gasteiger partial charge is 0.465 e. The van der Waals surface area contributed by atoms with Crippen molar-refractivity contribution >= 4 is 29.2 Å². The Kier molecular flexibility index (Phi) is 3.87. The molecule has 2 aromatic rings. The molecular weight excluding hydrogens is 270 g/mol. The van der Waals surface area contributed by atoms with Gasteiger partial charge in [-0.15, -0.1) is 0 Å². The summed E-state index contributed by atoms with van der Waals surface area (Å²) in [5.41, 5.74) is 0.694. The molecule has 19 heavy (non-hydrogen) atoms. The fourth-order valence-electron chi connectivity index (χ4n) is 1.45. The van der Waals surface area contributed by atoms with Crippen LogP contribution < -0.4 is 5.32 Å². The number of methoxy groups -OCH3 is 1. The number of halogens is 1. The van der Waals surface area contributed by atoms with Crippen LogP contribution in [0.5, 0.6) is 0 Å². The third-order valence-corrected chi connectivity index (χ3v) is 2.70. The Morgan fingerprint density at radius 1 is 1.32 bits per heavy atom. The first-order valence-electron chi connectivity index (χ1n) is 5.34. The van der Waals surface area contributed by atoms with Crippen LogP contribution in [0.3, 0.4) is 0 Å². The Bertz CT molecular complexity index is 607. The minimum atomic E-state index is -0.495. The Morgan fingerprint density at radius 2 is 2.11 bits per heavy atom. The highest BCUT2D eigenvalue weighted by molar-refractivity contribution is 6.34. The SMILES string of the molecule is COC(=O)c1ccc(NC(=O)c2ccco2)c(Cl)c1. The lowest BCUT2D eigenvalue weighted by Crippen LogP contribution is -2.11. The predicted octanol–water partition coefficient (Wildman–Crippen LogP) is 2.97. The van der Waals surface area contributed by atoms with Crippen molar-refractivity contribution in [1.82, 2.24) is 0 Å². The molecule has 0 aliphatic rings. The average Bonchev–Trinajstić information content (AvgIpc) is 2.94. The van der Waals surface area contributed by atoms with Crippen molar-refractivity contribution in [3.8, 4) is 0 Å². The summed E-state index contributed by atoms with van der Waals surface area (Å²) in [6, 6.07) is 7.60. The molecule has 0 saturated heterocycles. The minimum absolute atomic E-state index is 0.174. The number of carbonyl (C=O) groups excluding carboxylic acids is 2. The average molecular weight is 280 g/mol. The van der Waals surface area contributed by atoms with Gasteiger partial charge in [-0.25, -0.2) is 4.79 Å². The number of ether oxygens (including phenoxy) is 1. The summed E-state index contributed by atoms with van der Waals surface area (Å²) in [5.74, 6) is -0.739. The zero-order valence-electron chi connectivity index (χ0n) is 9.98. The molecule has 1 N–H and O–H groups in total. The zero-order valence-corrected chi connectivity index (χ0v) is 10.7. The maximum Gasteiger partial charge on any atom is 0.337 e. The van der Waals surface area contributed by atoms with Gasteiger partial charge in [-0.3, -0.25) is 4.79 Å². The molecule has 0 radical (unpaired) electrons. The zero-order chi connectivity index (χ0) is 13.8. The summed E-state index contributed by atoms with van der Waals surface area (Å²) in [5, 5.41) is 2.82. The lowest BCUT2D eigenvalue weighted by molar-refractivity contribution is 0.0600. The van der Waals surface area contributed by atoms with Crippen LogP contribution in [0.2, 0.25) is 5.02 Å². The number of hydrogen-bond donors (Lipinski definition) is 1. The molecule has 0 spiro atoms. The lowest BCUT2D eigenvalue weighted by Gasteiger charge is -2.07. The second kappa shape index (κ2) is 5.58. The fourth-order valence-corrected chi connectivity index (χ4v) is 1.68. The van der Waals surface area contributed by atoms with Crippen LogP contribution in [-0.4, -0.2) is 19.0 Å². The Hall–Kier alpha value is -2.27. The number of esters is 1. The highest BCUT2D eigenvalue weighted by atomic mass is 35.5. The number of amides is 1. The molecule has 1 aromatic carbocycles. The molecule has 0 aliphatic heterocycles. The van der Waals surface area contributed by atoms with Crippen LogP contribution in [0, 0.1) is 0 Å². The van der Waals surface area contributed by atoms with Crippen LogP contribution in [0.1, 0.15) is 20.9 Å². The molecule has 1 heterocycles. The first-order valence-corrected chi connectivity index (χ1v) is 5.72. The number of benzene rings is 1. The van der Waals surface area contributed by atoms with E-state index in [0.29, 0.717) is 11.3 Å². The number of carbonyl (C=O) groups is 2. The second-order valence-electron chi connectivity index (χ2n) is 3.62. The number of nitrogens with one attached hydrogen (secondary N) is 1. The lowest BCUT2D eigenvalue weighted by atomic mass is 10.2. The summed E-state index contributed by atoms with van der Waals surface area (Å²) in [4.78, 5) is 23.0. The Balaban J connectivity index is 2.18. The molecule has 2 rings (SSSR count). The quantitative estimate of drug-likeness (QED) is 0.877. The van der Waals surface area contributed by atoms with E-state index in [0.717, 1.165) is 0 Å². The summed E-state index contributed by atoms with van der Waals surface area (Å²) >= 11 is 5.98. The van der Waals surface area contributed by atoms with E-state index >= 15 is 0 Å². The first kappa shape index (κ1) is 13.2. The topological polar surface area (TPSA) is 68.5 Å². The van der Waals surface area contributed by atoms with E-state index in [1.165, 1.54) is 37.6 Å². The van der Waals surface area contributed by atoms with Crippen LogP contribution in [-0.2, 0) is 4.74 Å². The molecule has 98 valence electrons. The minimum Gasteiger partial charge on any atom is -0.465 e. The molecule has 0 atom stereocenters. The number of furan rings is 1. The van der Waals surface area contributed by atoms with E-state index < -0.39 is 11.9 Å². The van der Waals surface area contributed by atoms with Crippen molar-refractivity contribution in [3.63, 3.8) is 0 Å². The van der Waals surface area contributed by atoms with Crippen molar-refractivity contribution in [2.75, 3.05) is 12.4 Å². The molecule has 0 unspecified atom stereocenters. The molecule has 0 aliphatic carbocycles. The van der Waals surface area contributed by atoms with E-state index in [1.807, 2.05) is 0 Å². The molecule has 6 heteroatoms.